The zero-order valence-electron chi connectivity index (χ0n) is 16.1. The number of nitrogens with one attached hydrogen (secondary N) is 1. The Morgan fingerprint density at radius 3 is 2.22 bits per heavy atom. The third-order valence-electron chi connectivity index (χ3n) is 3.74. The van der Waals surface area contributed by atoms with Crippen LogP contribution in [0.4, 0.5) is 13.2 Å². The topological polar surface area (TPSA) is 47.9 Å². The molecule has 1 aromatic carbocycles. The Morgan fingerprint density at radius 2 is 1.74 bits per heavy atom. The first-order valence-electron chi connectivity index (χ1n) is 8.51. The van der Waals surface area contributed by atoms with E-state index in [1.807, 2.05) is 0 Å². The summed E-state index contributed by atoms with van der Waals surface area (Å²) in [6, 6.07) is 5.04. The fourth-order valence-corrected chi connectivity index (χ4v) is 2.12. The van der Waals surface area contributed by atoms with Gasteiger partial charge >= 0.3 is 6.18 Å². The van der Waals surface area contributed by atoms with Crippen LogP contribution in [0.25, 0.3) is 0 Å². The quantitative estimate of drug-likeness (QED) is 0.270. The maximum atomic E-state index is 12.6. The van der Waals surface area contributed by atoms with Gasteiger partial charge in [0.15, 0.2) is 5.96 Å². The van der Waals surface area contributed by atoms with Crippen LogP contribution in [0.15, 0.2) is 29.3 Å². The molecule has 154 valence electrons. The number of amides is 1. The summed E-state index contributed by atoms with van der Waals surface area (Å²) in [6.45, 7) is 3.17. The van der Waals surface area contributed by atoms with Gasteiger partial charge in [0.05, 0.1) is 5.56 Å². The van der Waals surface area contributed by atoms with E-state index >= 15 is 0 Å². The molecule has 1 rings (SSSR count). The van der Waals surface area contributed by atoms with E-state index in [1.54, 1.807) is 26.0 Å². The molecule has 0 heterocycles. The van der Waals surface area contributed by atoms with E-state index in [2.05, 4.69) is 17.2 Å². The summed E-state index contributed by atoms with van der Waals surface area (Å²) in [7, 11) is 5.11. The molecule has 5 nitrogen and oxygen atoms in total. The standard InChI is InChI=1S/C18H27F3N4O.HI/c1-5-6-11-22-17(23-12-16(26)24(2)3)25(4)13-14-7-9-15(10-8-14)18(19,20)21;/h7-10H,5-6,11-13H2,1-4H3,(H,22,23);1H. The molecule has 1 amide bonds. The molecule has 27 heavy (non-hydrogen) atoms. The number of guanidine groups is 1. The number of rotatable bonds is 7. The van der Waals surface area contributed by atoms with Gasteiger partial charge in [-0.2, -0.15) is 13.2 Å². The highest BCUT2D eigenvalue weighted by atomic mass is 127. The van der Waals surface area contributed by atoms with Crippen molar-refractivity contribution >= 4 is 35.8 Å². The minimum Gasteiger partial charge on any atom is -0.356 e. The molecule has 1 aromatic rings. The number of nitrogens with zero attached hydrogens (tertiary/aromatic N) is 3. The first-order chi connectivity index (χ1) is 12.1. The summed E-state index contributed by atoms with van der Waals surface area (Å²) < 4.78 is 37.9. The predicted molar refractivity (Wildman–Crippen MR) is 112 cm³/mol. The number of alkyl halides is 3. The third-order valence-corrected chi connectivity index (χ3v) is 3.74. The van der Waals surface area contributed by atoms with E-state index in [9.17, 15) is 18.0 Å². The second-order valence-electron chi connectivity index (χ2n) is 6.26. The average Bonchev–Trinajstić information content (AvgIpc) is 2.57. The maximum Gasteiger partial charge on any atom is 0.416 e. The monoisotopic (exact) mass is 500 g/mol. The van der Waals surface area contributed by atoms with Crippen molar-refractivity contribution in [1.29, 1.82) is 0 Å². The highest BCUT2D eigenvalue weighted by Gasteiger charge is 2.29. The van der Waals surface area contributed by atoms with Crippen molar-refractivity contribution in [3.8, 4) is 0 Å². The number of carbonyl (C=O) groups excluding carboxylic acids is 1. The Morgan fingerprint density at radius 1 is 1.15 bits per heavy atom. The molecule has 0 spiro atoms. The molecule has 0 fully saturated rings. The Balaban J connectivity index is 0.00000676. The molecular formula is C18H28F3IN4O. The molecule has 9 heteroatoms. The summed E-state index contributed by atoms with van der Waals surface area (Å²) in [5, 5.41) is 3.20. The highest BCUT2D eigenvalue weighted by Crippen LogP contribution is 2.29. The van der Waals surface area contributed by atoms with Gasteiger partial charge in [0.2, 0.25) is 5.91 Å². The van der Waals surface area contributed by atoms with Gasteiger partial charge in [-0.05, 0) is 24.1 Å². The molecule has 0 aromatic heterocycles. The normalized spacial score (nSPS) is 11.6. The van der Waals surface area contributed by atoms with E-state index in [0.717, 1.165) is 30.5 Å². The molecule has 0 bridgehead atoms. The number of benzene rings is 1. The number of carbonyl (C=O) groups is 1. The SMILES string of the molecule is CCCCNC(=NCC(=O)N(C)C)N(C)Cc1ccc(C(F)(F)F)cc1.I. The lowest BCUT2D eigenvalue weighted by Crippen LogP contribution is -2.40. The van der Waals surface area contributed by atoms with E-state index in [1.165, 1.54) is 17.0 Å². The van der Waals surface area contributed by atoms with Gasteiger partial charge in [-0.3, -0.25) is 4.79 Å². The fraction of sp³-hybridized carbons (Fsp3) is 0.556. The van der Waals surface area contributed by atoms with Gasteiger partial charge in [0, 0.05) is 34.2 Å². The van der Waals surface area contributed by atoms with Crippen molar-refractivity contribution < 1.29 is 18.0 Å². The summed E-state index contributed by atoms with van der Waals surface area (Å²) in [6.07, 6.45) is -2.38. The molecule has 0 aliphatic carbocycles. The van der Waals surface area contributed by atoms with Gasteiger partial charge in [-0.1, -0.05) is 25.5 Å². The molecule has 0 radical (unpaired) electrons. The second kappa shape index (κ2) is 12.0. The second-order valence-corrected chi connectivity index (χ2v) is 6.26. The molecule has 0 aliphatic heterocycles. The van der Waals surface area contributed by atoms with E-state index in [0.29, 0.717) is 19.0 Å². The minimum absolute atomic E-state index is 0. The van der Waals surface area contributed by atoms with Crippen LogP contribution in [0.1, 0.15) is 30.9 Å². The average molecular weight is 500 g/mol. The number of halogens is 4. The number of hydrogen-bond donors (Lipinski definition) is 1. The first kappa shape index (κ1) is 25.5. The van der Waals surface area contributed by atoms with Crippen LogP contribution >= 0.6 is 24.0 Å². The van der Waals surface area contributed by atoms with Crippen LogP contribution in [0.5, 0.6) is 0 Å². The molecule has 0 unspecified atom stereocenters. The van der Waals surface area contributed by atoms with Crippen LogP contribution in [0.3, 0.4) is 0 Å². The van der Waals surface area contributed by atoms with E-state index < -0.39 is 11.7 Å². The molecule has 0 saturated carbocycles. The lowest BCUT2D eigenvalue weighted by Gasteiger charge is -2.23. The van der Waals surface area contributed by atoms with Gasteiger partial charge in [-0.15, -0.1) is 24.0 Å². The van der Waals surface area contributed by atoms with Crippen molar-refractivity contribution in [2.45, 2.75) is 32.5 Å². The number of aliphatic imine (C=N–C) groups is 1. The third kappa shape index (κ3) is 9.30. The Labute approximate surface area is 176 Å². The van der Waals surface area contributed by atoms with Crippen molar-refractivity contribution in [1.82, 2.24) is 15.1 Å². The fourth-order valence-electron chi connectivity index (χ4n) is 2.12. The van der Waals surface area contributed by atoms with E-state index in [4.69, 9.17) is 0 Å². The van der Waals surface area contributed by atoms with Gasteiger partial charge < -0.3 is 15.1 Å². The zero-order valence-corrected chi connectivity index (χ0v) is 18.5. The van der Waals surface area contributed by atoms with Crippen LogP contribution in [-0.2, 0) is 17.5 Å². The molecule has 0 saturated heterocycles. The molecule has 0 aliphatic rings. The summed E-state index contributed by atoms with van der Waals surface area (Å²) >= 11 is 0. The van der Waals surface area contributed by atoms with Crippen LogP contribution in [-0.4, -0.2) is 55.9 Å². The molecule has 1 N–H and O–H groups in total. The van der Waals surface area contributed by atoms with Crippen LogP contribution in [0, 0.1) is 0 Å². The Hall–Kier alpha value is -1.52. The van der Waals surface area contributed by atoms with E-state index in [-0.39, 0.29) is 36.4 Å². The number of likely N-dealkylation sites (N-methyl/N-ethyl adjacent to an activating group) is 1. The highest BCUT2D eigenvalue weighted by molar-refractivity contribution is 14.0. The van der Waals surface area contributed by atoms with Gasteiger partial charge in [0.25, 0.3) is 0 Å². The van der Waals surface area contributed by atoms with Crippen molar-refractivity contribution in [2.75, 3.05) is 34.2 Å². The largest absolute Gasteiger partial charge is 0.416 e. The van der Waals surface area contributed by atoms with Crippen molar-refractivity contribution in [2.24, 2.45) is 4.99 Å². The Bertz CT molecular complexity index is 604. The number of hydrogen-bond acceptors (Lipinski definition) is 2. The van der Waals surface area contributed by atoms with Gasteiger partial charge in [0.1, 0.15) is 6.54 Å². The van der Waals surface area contributed by atoms with Crippen molar-refractivity contribution in [3.05, 3.63) is 35.4 Å². The maximum absolute atomic E-state index is 12.6. The number of unbranched alkanes of at least 4 members (excludes halogenated alkanes) is 1. The van der Waals surface area contributed by atoms with Gasteiger partial charge in [-0.25, -0.2) is 4.99 Å². The smallest absolute Gasteiger partial charge is 0.356 e. The first-order valence-corrected chi connectivity index (χ1v) is 8.51. The van der Waals surface area contributed by atoms with Crippen LogP contribution < -0.4 is 5.32 Å². The lowest BCUT2D eigenvalue weighted by molar-refractivity contribution is -0.137. The van der Waals surface area contributed by atoms with Crippen LogP contribution in [0.2, 0.25) is 0 Å². The summed E-state index contributed by atoms with van der Waals surface area (Å²) in [5.74, 6) is 0.427. The lowest BCUT2D eigenvalue weighted by atomic mass is 10.1. The molecule has 0 atom stereocenters. The zero-order chi connectivity index (χ0) is 19.7. The minimum atomic E-state index is -4.34. The Kier molecular flexibility index (Phi) is 11.4. The van der Waals surface area contributed by atoms with Crippen molar-refractivity contribution in [3.63, 3.8) is 0 Å². The molecular weight excluding hydrogens is 472 g/mol. The predicted octanol–water partition coefficient (Wildman–Crippen LogP) is 3.59. The summed E-state index contributed by atoms with van der Waals surface area (Å²) in [5.41, 5.74) is 0.0554. The summed E-state index contributed by atoms with van der Waals surface area (Å²) in [4.78, 5) is 19.3.